The van der Waals surface area contributed by atoms with E-state index in [9.17, 15) is 17.6 Å². The molecule has 0 amide bonds. The summed E-state index contributed by atoms with van der Waals surface area (Å²) in [6.07, 6.45) is 0. The van der Waals surface area contributed by atoms with Crippen molar-refractivity contribution in [2.45, 2.75) is 11.8 Å². The number of anilines is 1. The fraction of sp³-hybridized carbons (Fsp3) is 0.118. The topological polar surface area (TPSA) is 73.1 Å². The fourth-order valence-corrected chi connectivity index (χ4v) is 4.22. The van der Waals surface area contributed by atoms with Crippen molar-refractivity contribution in [1.82, 2.24) is 9.36 Å². The number of aromatic nitrogens is 2. The summed E-state index contributed by atoms with van der Waals surface area (Å²) in [5.41, 5.74) is 0.378. The predicted octanol–water partition coefficient (Wildman–Crippen LogP) is 3.08. The number of rotatable bonds is 4. The Morgan fingerprint density at radius 3 is 2.38 bits per heavy atom. The fourth-order valence-electron chi connectivity index (χ4n) is 2.57. The Kier molecular flexibility index (Phi) is 4.64. The minimum Gasteiger partial charge on any atom is -0.283 e. The zero-order valence-corrected chi connectivity index (χ0v) is 15.5. The largest absolute Gasteiger partial charge is 0.296 e. The van der Waals surface area contributed by atoms with E-state index in [1.54, 1.807) is 42.9 Å². The van der Waals surface area contributed by atoms with Crippen molar-refractivity contribution >= 4 is 27.3 Å². The van der Waals surface area contributed by atoms with E-state index in [-0.39, 0.29) is 15.6 Å². The van der Waals surface area contributed by atoms with Gasteiger partial charge in [0.05, 0.1) is 16.4 Å². The van der Waals surface area contributed by atoms with Crippen LogP contribution in [0.4, 0.5) is 10.1 Å². The second-order valence-electron chi connectivity index (χ2n) is 5.62. The molecule has 0 aliphatic heterocycles. The van der Waals surface area contributed by atoms with Crippen molar-refractivity contribution in [3.8, 4) is 5.69 Å². The van der Waals surface area contributed by atoms with Gasteiger partial charge >= 0.3 is 0 Å². The summed E-state index contributed by atoms with van der Waals surface area (Å²) >= 11 is 5.84. The zero-order chi connectivity index (χ0) is 19.1. The van der Waals surface area contributed by atoms with Crippen LogP contribution in [0, 0.1) is 12.7 Å². The first-order valence-electron chi connectivity index (χ1n) is 7.54. The molecule has 2 aromatic carbocycles. The monoisotopic (exact) mass is 395 g/mol. The average Bonchev–Trinajstić information content (AvgIpc) is 2.78. The van der Waals surface area contributed by atoms with Gasteiger partial charge in [0.25, 0.3) is 15.6 Å². The van der Waals surface area contributed by atoms with Gasteiger partial charge in [0.15, 0.2) is 0 Å². The molecule has 0 aliphatic rings. The summed E-state index contributed by atoms with van der Waals surface area (Å²) in [6, 6.07) is 11.7. The van der Waals surface area contributed by atoms with Crippen molar-refractivity contribution in [2.75, 3.05) is 4.72 Å². The van der Waals surface area contributed by atoms with Crippen LogP contribution in [0.5, 0.6) is 0 Å². The van der Waals surface area contributed by atoms with Gasteiger partial charge in [-0.05, 0) is 37.3 Å². The van der Waals surface area contributed by atoms with E-state index in [1.165, 1.54) is 4.68 Å². The highest BCUT2D eigenvalue weighted by atomic mass is 35.5. The molecule has 0 saturated carbocycles. The Labute approximate surface area is 154 Å². The minimum atomic E-state index is -4.17. The van der Waals surface area contributed by atoms with Crippen molar-refractivity contribution in [3.05, 3.63) is 75.4 Å². The first-order chi connectivity index (χ1) is 12.2. The van der Waals surface area contributed by atoms with E-state index < -0.39 is 21.4 Å². The van der Waals surface area contributed by atoms with E-state index in [1.807, 2.05) is 6.07 Å². The van der Waals surface area contributed by atoms with Crippen LogP contribution in [0.25, 0.3) is 5.69 Å². The molecule has 3 rings (SSSR count). The highest BCUT2D eigenvalue weighted by molar-refractivity contribution is 7.92. The predicted molar refractivity (Wildman–Crippen MR) is 98.0 cm³/mol. The SMILES string of the molecule is Cc1c(NS(=O)(=O)c2ccc(F)cc2Cl)c(=O)n(-c2ccccc2)n1C. The quantitative estimate of drug-likeness (QED) is 0.737. The number of sulfonamides is 1. The summed E-state index contributed by atoms with van der Waals surface area (Å²) in [5, 5.41) is -0.269. The summed E-state index contributed by atoms with van der Waals surface area (Å²) < 4.78 is 43.6. The van der Waals surface area contributed by atoms with Crippen LogP contribution < -0.4 is 10.3 Å². The van der Waals surface area contributed by atoms with Gasteiger partial charge in [-0.25, -0.2) is 17.5 Å². The number of hydrogen-bond acceptors (Lipinski definition) is 3. The first-order valence-corrected chi connectivity index (χ1v) is 9.40. The van der Waals surface area contributed by atoms with Crippen molar-refractivity contribution in [1.29, 1.82) is 0 Å². The van der Waals surface area contributed by atoms with E-state index >= 15 is 0 Å². The number of para-hydroxylation sites is 1. The van der Waals surface area contributed by atoms with Gasteiger partial charge in [-0.1, -0.05) is 29.8 Å². The van der Waals surface area contributed by atoms with Crippen LogP contribution in [-0.4, -0.2) is 17.8 Å². The van der Waals surface area contributed by atoms with Crippen LogP contribution >= 0.6 is 11.6 Å². The van der Waals surface area contributed by atoms with Gasteiger partial charge in [-0.15, -0.1) is 0 Å². The van der Waals surface area contributed by atoms with Crippen LogP contribution in [0.1, 0.15) is 5.69 Å². The molecule has 0 unspecified atom stereocenters. The highest BCUT2D eigenvalue weighted by Crippen LogP contribution is 2.25. The number of nitrogens with zero attached hydrogens (tertiary/aromatic N) is 2. The summed E-state index contributed by atoms with van der Waals surface area (Å²) in [4.78, 5) is 12.5. The molecule has 0 atom stereocenters. The van der Waals surface area contributed by atoms with E-state index in [0.717, 1.165) is 18.2 Å². The lowest BCUT2D eigenvalue weighted by atomic mass is 10.3. The second kappa shape index (κ2) is 6.62. The molecule has 0 aliphatic carbocycles. The molecule has 0 fully saturated rings. The van der Waals surface area contributed by atoms with E-state index in [2.05, 4.69) is 4.72 Å². The summed E-state index contributed by atoms with van der Waals surface area (Å²) in [5.74, 6) is -0.656. The van der Waals surface area contributed by atoms with E-state index in [0.29, 0.717) is 11.4 Å². The minimum absolute atomic E-state index is 0.100. The molecule has 26 heavy (non-hydrogen) atoms. The molecular formula is C17H15ClFN3O3S. The molecule has 0 spiro atoms. The van der Waals surface area contributed by atoms with Crippen LogP contribution in [0.15, 0.2) is 58.2 Å². The molecular weight excluding hydrogens is 381 g/mol. The van der Waals surface area contributed by atoms with Crippen LogP contribution in [0.2, 0.25) is 5.02 Å². The average molecular weight is 396 g/mol. The van der Waals surface area contributed by atoms with Gasteiger partial charge in [0.1, 0.15) is 16.4 Å². The van der Waals surface area contributed by atoms with Crippen molar-refractivity contribution in [3.63, 3.8) is 0 Å². The van der Waals surface area contributed by atoms with E-state index in [4.69, 9.17) is 11.6 Å². The molecule has 1 N–H and O–H groups in total. The van der Waals surface area contributed by atoms with Crippen molar-refractivity contribution in [2.24, 2.45) is 7.05 Å². The van der Waals surface area contributed by atoms with Gasteiger partial charge in [-0.2, -0.15) is 0 Å². The molecule has 136 valence electrons. The van der Waals surface area contributed by atoms with Crippen LogP contribution in [0.3, 0.4) is 0 Å². The third-order valence-electron chi connectivity index (χ3n) is 3.97. The number of nitrogens with one attached hydrogen (secondary N) is 1. The lowest BCUT2D eigenvalue weighted by molar-refractivity contribution is 0.599. The normalized spacial score (nSPS) is 11.5. The third-order valence-corrected chi connectivity index (χ3v) is 5.81. The number of hydrogen-bond donors (Lipinski definition) is 1. The molecule has 9 heteroatoms. The molecule has 1 heterocycles. The lowest BCUT2D eigenvalue weighted by Crippen LogP contribution is -2.23. The van der Waals surface area contributed by atoms with Gasteiger partial charge in [0.2, 0.25) is 0 Å². The standard InChI is InChI=1S/C17H15ClFN3O3S/c1-11-16(17(23)22(21(11)2)13-6-4-3-5-7-13)20-26(24,25)15-9-8-12(19)10-14(15)18/h3-10,20H,1-2H3. The van der Waals surface area contributed by atoms with Crippen molar-refractivity contribution < 1.29 is 12.8 Å². The maximum absolute atomic E-state index is 13.2. The Balaban J connectivity index is 2.10. The first kappa shape index (κ1) is 18.2. The van der Waals surface area contributed by atoms with Gasteiger partial charge in [-0.3, -0.25) is 14.2 Å². The molecule has 3 aromatic rings. The Morgan fingerprint density at radius 1 is 1.12 bits per heavy atom. The third kappa shape index (κ3) is 3.13. The molecule has 1 aromatic heterocycles. The Bertz CT molecular complexity index is 1140. The second-order valence-corrected chi connectivity index (χ2v) is 7.67. The maximum atomic E-state index is 13.2. The molecule has 6 nitrogen and oxygen atoms in total. The van der Waals surface area contributed by atoms with Crippen LogP contribution in [-0.2, 0) is 17.1 Å². The zero-order valence-electron chi connectivity index (χ0n) is 13.9. The smallest absolute Gasteiger partial charge is 0.283 e. The summed E-state index contributed by atoms with van der Waals surface area (Å²) in [6.45, 7) is 1.62. The molecule has 0 radical (unpaired) electrons. The Hall–Kier alpha value is -2.58. The Morgan fingerprint density at radius 2 is 1.77 bits per heavy atom. The molecule has 0 saturated heterocycles. The maximum Gasteiger partial charge on any atom is 0.296 e. The van der Waals surface area contributed by atoms with Gasteiger partial charge < -0.3 is 0 Å². The number of benzene rings is 2. The lowest BCUT2D eigenvalue weighted by Gasteiger charge is -2.08. The van der Waals surface area contributed by atoms with Gasteiger partial charge in [0, 0.05) is 7.05 Å². The molecule has 0 bridgehead atoms. The highest BCUT2D eigenvalue weighted by Gasteiger charge is 2.24. The summed E-state index contributed by atoms with van der Waals surface area (Å²) in [7, 11) is -2.52. The number of halogens is 2.